The predicted molar refractivity (Wildman–Crippen MR) is 61.6 cm³/mol. The van der Waals surface area contributed by atoms with Gasteiger partial charge in [-0.3, -0.25) is 0 Å². The van der Waals surface area contributed by atoms with Crippen molar-refractivity contribution < 1.29 is 4.74 Å². The Bertz CT molecular complexity index is 128. The van der Waals surface area contributed by atoms with Crippen LogP contribution in [0, 0.1) is 0 Å². The fraction of sp³-hybridized carbons (Fsp3) is 1.00. The van der Waals surface area contributed by atoms with Crippen LogP contribution in [0.3, 0.4) is 0 Å². The van der Waals surface area contributed by atoms with Crippen LogP contribution in [0.4, 0.5) is 0 Å². The number of nitrogens with zero attached hydrogens (tertiary/aromatic N) is 1. The highest BCUT2D eigenvalue weighted by molar-refractivity contribution is 9.09. The number of ether oxygens (including phenoxy) is 1. The van der Waals surface area contributed by atoms with Gasteiger partial charge in [0.05, 0.1) is 5.60 Å². The van der Waals surface area contributed by atoms with Gasteiger partial charge in [-0.2, -0.15) is 0 Å². The minimum absolute atomic E-state index is 0.0136. The molecule has 0 heterocycles. The maximum absolute atomic E-state index is 5.37. The summed E-state index contributed by atoms with van der Waals surface area (Å²) in [6.07, 6.45) is 1.09. The molecular weight excluding hydrogens is 230 g/mol. The molecule has 13 heavy (non-hydrogen) atoms. The lowest BCUT2D eigenvalue weighted by atomic mass is 10.1. The molecule has 0 aliphatic rings. The van der Waals surface area contributed by atoms with Crippen LogP contribution in [0.25, 0.3) is 0 Å². The van der Waals surface area contributed by atoms with Gasteiger partial charge in [0.25, 0.3) is 0 Å². The van der Waals surface area contributed by atoms with Crippen molar-refractivity contribution in [1.82, 2.24) is 4.90 Å². The van der Waals surface area contributed by atoms with Gasteiger partial charge < -0.3 is 9.64 Å². The monoisotopic (exact) mass is 251 g/mol. The Kier molecular flexibility index (Phi) is 7.00. The Balaban J connectivity index is 3.70. The standard InChI is InChI=1S/C10H22BrNO/c1-5-12(9-7-11)8-6-10(2,3)13-4/h5-9H2,1-4H3. The summed E-state index contributed by atoms with van der Waals surface area (Å²) in [5.74, 6) is 0. The molecule has 0 atom stereocenters. The van der Waals surface area contributed by atoms with E-state index in [1.165, 1.54) is 0 Å². The second-order valence-electron chi connectivity index (χ2n) is 3.84. The van der Waals surface area contributed by atoms with E-state index in [0.29, 0.717) is 0 Å². The Labute approximate surface area is 90.8 Å². The number of hydrogen-bond acceptors (Lipinski definition) is 2. The van der Waals surface area contributed by atoms with Crippen molar-refractivity contribution in [2.75, 3.05) is 32.1 Å². The van der Waals surface area contributed by atoms with Crippen LogP contribution >= 0.6 is 15.9 Å². The third kappa shape index (κ3) is 6.47. The predicted octanol–water partition coefficient (Wildman–Crippen LogP) is 2.52. The van der Waals surface area contributed by atoms with Crippen molar-refractivity contribution in [3.63, 3.8) is 0 Å². The van der Waals surface area contributed by atoms with E-state index in [-0.39, 0.29) is 5.60 Å². The Morgan fingerprint density at radius 2 is 1.92 bits per heavy atom. The molecule has 0 saturated carbocycles. The molecular formula is C10H22BrNO. The molecule has 0 N–H and O–H groups in total. The molecule has 0 aromatic carbocycles. The largest absolute Gasteiger partial charge is 0.379 e. The highest BCUT2D eigenvalue weighted by Gasteiger charge is 2.16. The minimum atomic E-state index is 0.0136. The van der Waals surface area contributed by atoms with Crippen molar-refractivity contribution >= 4 is 15.9 Å². The van der Waals surface area contributed by atoms with Crippen LogP contribution in [-0.4, -0.2) is 42.6 Å². The molecule has 0 aliphatic carbocycles. The van der Waals surface area contributed by atoms with Gasteiger partial charge in [-0.15, -0.1) is 0 Å². The van der Waals surface area contributed by atoms with Crippen LogP contribution in [0.2, 0.25) is 0 Å². The summed E-state index contributed by atoms with van der Waals surface area (Å²) in [7, 11) is 1.78. The fourth-order valence-corrected chi connectivity index (χ4v) is 1.58. The Hall–Kier alpha value is 0.400. The van der Waals surface area contributed by atoms with Crippen molar-refractivity contribution in [3.05, 3.63) is 0 Å². The number of alkyl halides is 1. The zero-order valence-electron chi connectivity index (χ0n) is 9.27. The fourth-order valence-electron chi connectivity index (χ4n) is 1.08. The van der Waals surface area contributed by atoms with Gasteiger partial charge in [0.2, 0.25) is 0 Å². The first-order chi connectivity index (χ1) is 6.05. The normalized spacial score (nSPS) is 12.5. The maximum atomic E-state index is 5.37. The quantitative estimate of drug-likeness (QED) is 0.645. The molecule has 0 radical (unpaired) electrons. The van der Waals surface area contributed by atoms with Crippen LogP contribution in [-0.2, 0) is 4.74 Å². The molecule has 2 nitrogen and oxygen atoms in total. The van der Waals surface area contributed by atoms with Gasteiger partial charge in [0, 0.05) is 25.5 Å². The summed E-state index contributed by atoms with van der Waals surface area (Å²) < 4.78 is 5.37. The zero-order valence-corrected chi connectivity index (χ0v) is 10.9. The van der Waals surface area contributed by atoms with Crippen molar-refractivity contribution in [3.8, 4) is 0 Å². The maximum Gasteiger partial charge on any atom is 0.0634 e. The first-order valence-electron chi connectivity index (χ1n) is 4.89. The molecule has 0 aromatic rings. The molecule has 80 valence electrons. The summed E-state index contributed by atoms with van der Waals surface area (Å²) in [5.41, 5.74) is 0.0136. The smallest absolute Gasteiger partial charge is 0.0634 e. The number of methoxy groups -OCH3 is 1. The highest BCUT2D eigenvalue weighted by Crippen LogP contribution is 2.13. The zero-order chi connectivity index (χ0) is 10.3. The summed E-state index contributed by atoms with van der Waals surface area (Å²) >= 11 is 3.46. The van der Waals surface area contributed by atoms with E-state index in [4.69, 9.17) is 4.74 Å². The van der Waals surface area contributed by atoms with Gasteiger partial charge in [-0.05, 0) is 26.8 Å². The second kappa shape index (κ2) is 6.80. The third-order valence-corrected chi connectivity index (χ3v) is 2.79. The van der Waals surface area contributed by atoms with E-state index >= 15 is 0 Å². The summed E-state index contributed by atoms with van der Waals surface area (Å²) in [5, 5.41) is 1.05. The van der Waals surface area contributed by atoms with Crippen LogP contribution in [0.5, 0.6) is 0 Å². The first-order valence-corrected chi connectivity index (χ1v) is 6.01. The molecule has 0 rings (SSSR count). The van der Waals surface area contributed by atoms with Gasteiger partial charge in [-0.1, -0.05) is 22.9 Å². The van der Waals surface area contributed by atoms with E-state index in [2.05, 4.69) is 41.6 Å². The van der Waals surface area contributed by atoms with Crippen LogP contribution in [0.15, 0.2) is 0 Å². The molecule has 0 amide bonds. The SMILES string of the molecule is CCN(CCBr)CCC(C)(C)OC. The Morgan fingerprint density at radius 3 is 2.31 bits per heavy atom. The minimum Gasteiger partial charge on any atom is -0.379 e. The lowest BCUT2D eigenvalue weighted by Gasteiger charge is -2.27. The molecule has 0 saturated heterocycles. The summed E-state index contributed by atoms with van der Waals surface area (Å²) in [4.78, 5) is 2.43. The molecule has 0 bridgehead atoms. The number of hydrogen-bond donors (Lipinski definition) is 0. The first kappa shape index (κ1) is 13.4. The molecule has 0 fully saturated rings. The topological polar surface area (TPSA) is 12.5 Å². The van der Waals surface area contributed by atoms with Gasteiger partial charge in [0.1, 0.15) is 0 Å². The lowest BCUT2D eigenvalue weighted by molar-refractivity contribution is 0.00823. The summed E-state index contributed by atoms with van der Waals surface area (Å²) in [6.45, 7) is 9.82. The second-order valence-corrected chi connectivity index (χ2v) is 4.63. The average molecular weight is 252 g/mol. The molecule has 0 spiro atoms. The van der Waals surface area contributed by atoms with Gasteiger partial charge in [-0.25, -0.2) is 0 Å². The molecule has 0 aliphatic heterocycles. The van der Waals surface area contributed by atoms with Crippen LogP contribution < -0.4 is 0 Å². The highest BCUT2D eigenvalue weighted by atomic mass is 79.9. The van der Waals surface area contributed by atoms with Crippen molar-refractivity contribution in [2.24, 2.45) is 0 Å². The van der Waals surface area contributed by atoms with Crippen molar-refractivity contribution in [1.29, 1.82) is 0 Å². The molecule has 3 heteroatoms. The van der Waals surface area contributed by atoms with Gasteiger partial charge in [0.15, 0.2) is 0 Å². The van der Waals surface area contributed by atoms with E-state index in [1.807, 2.05) is 0 Å². The Morgan fingerprint density at radius 1 is 1.31 bits per heavy atom. The lowest BCUT2D eigenvalue weighted by Crippen LogP contribution is -2.33. The van der Waals surface area contributed by atoms with Crippen molar-refractivity contribution in [2.45, 2.75) is 32.8 Å². The van der Waals surface area contributed by atoms with Gasteiger partial charge >= 0.3 is 0 Å². The van der Waals surface area contributed by atoms with E-state index in [1.54, 1.807) is 7.11 Å². The number of halogens is 1. The third-order valence-electron chi connectivity index (χ3n) is 2.43. The number of rotatable bonds is 7. The van der Waals surface area contributed by atoms with E-state index in [0.717, 1.165) is 31.4 Å². The van der Waals surface area contributed by atoms with Crippen LogP contribution in [0.1, 0.15) is 27.2 Å². The molecule has 0 aromatic heterocycles. The summed E-state index contributed by atoms with van der Waals surface area (Å²) in [6, 6.07) is 0. The van der Waals surface area contributed by atoms with E-state index < -0.39 is 0 Å². The molecule has 0 unspecified atom stereocenters. The average Bonchev–Trinajstić information content (AvgIpc) is 2.12. The van der Waals surface area contributed by atoms with E-state index in [9.17, 15) is 0 Å².